The number of amides is 1. The molecule has 2 aliphatic rings. The zero-order valence-corrected chi connectivity index (χ0v) is 8.78. The van der Waals surface area contributed by atoms with Gasteiger partial charge in [0.25, 0.3) is 5.91 Å². The Bertz CT molecular complexity index is 229. The quantitative estimate of drug-likeness (QED) is 0.679. The fourth-order valence-corrected chi connectivity index (χ4v) is 2.18. The zero-order valence-electron chi connectivity index (χ0n) is 8.78. The Hall–Kier alpha value is -0.650. The maximum Gasteiger partial charge on any atom is 0.252 e. The van der Waals surface area contributed by atoms with Crippen molar-refractivity contribution in [3.05, 3.63) is 0 Å². The second-order valence-corrected chi connectivity index (χ2v) is 4.14. The van der Waals surface area contributed by atoms with Crippen molar-refractivity contribution in [1.82, 2.24) is 5.32 Å². The van der Waals surface area contributed by atoms with E-state index in [1.807, 2.05) is 0 Å². The average molecular weight is 214 g/mol. The first-order valence-corrected chi connectivity index (χ1v) is 5.55. The normalized spacial score (nSPS) is 32.1. The number of ether oxygens (including phenoxy) is 2. The maximum absolute atomic E-state index is 11.8. The van der Waals surface area contributed by atoms with E-state index in [-0.39, 0.29) is 18.8 Å². The minimum atomic E-state index is -0.518. The number of carbonyl (C=O) groups is 1. The van der Waals surface area contributed by atoms with E-state index in [1.165, 1.54) is 12.8 Å². The van der Waals surface area contributed by atoms with Crippen LogP contribution in [-0.4, -0.2) is 37.5 Å². The number of rotatable bonds is 3. The van der Waals surface area contributed by atoms with Crippen LogP contribution in [0.15, 0.2) is 0 Å². The molecule has 1 heterocycles. The first-order valence-electron chi connectivity index (χ1n) is 5.55. The van der Waals surface area contributed by atoms with Crippen LogP contribution in [0.3, 0.4) is 0 Å². The molecular weight excluding hydrogens is 196 g/mol. The van der Waals surface area contributed by atoms with Gasteiger partial charge in [0, 0.05) is 12.6 Å². The summed E-state index contributed by atoms with van der Waals surface area (Å²) in [5.74, 6) is -0.0742. The summed E-state index contributed by atoms with van der Waals surface area (Å²) >= 11 is 0. The fourth-order valence-electron chi connectivity index (χ4n) is 2.18. The number of carbonyl (C=O) groups excluding carboxylic acids is 1. The Morgan fingerprint density at radius 3 is 2.73 bits per heavy atom. The van der Waals surface area contributed by atoms with Gasteiger partial charge in [-0.05, 0) is 12.8 Å². The third-order valence-corrected chi connectivity index (χ3v) is 3.06. The number of hydrogen-bond donors (Lipinski definition) is 2. The zero-order chi connectivity index (χ0) is 10.7. The van der Waals surface area contributed by atoms with Crippen molar-refractivity contribution >= 4 is 5.91 Å². The predicted octanol–water partition coefficient (Wildman–Crippen LogP) is -0.255. The molecule has 0 aromatic heterocycles. The Kier molecular flexibility index (Phi) is 3.56. The average Bonchev–Trinajstić information content (AvgIpc) is 2.86. The van der Waals surface area contributed by atoms with Crippen molar-refractivity contribution in [2.24, 2.45) is 5.73 Å². The van der Waals surface area contributed by atoms with Gasteiger partial charge in [-0.3, -0.25) is 4.79 Å². The van der Waals surface area contributed by atoms with Crippen molar-refractivity contribution in [2.45, 2.75) is 43.9 Å². The fraction of sp³-hybridized carbons (Fsp3) is 0.900. The first kappa shape index (κ1) is 10.9. The van der Waals surface area contributed by atoms with Gasteiger partial charge in [0.15, 0.2) is 6.10 Å². The monoisotopic (exact) mass is 214 g/mol. The highest BCUT2D eigenvalue weighted by Gasteiger charge is 2.35. The Labute approximate surface area is 89.3 Å². The summed E-state index contributed by atoms with van der Waals surface area (Å²) in [5.41, 5.74) is 5.49. The van der Waals surface area contributed by atoms with E-state index in [1.54, 1.807) is 0 Å². The summed E-state index contributed by atoms with van der Waals surface area (Å²) < 4.78 is 10.4. The molecule has 0 bridgehead atoms. The smallest absolute Gasteiger partial charge is 0.252 e. The van der Waals surface area contributed by atoms with Gasteiger partial charge in [-0.25, -0.2) is 0 Å². The topological polar surface area (TPSA) is 73.6 Å². The summed E-state index contributed by atoms with van der Waals surface area (Å²) in [4.78, 5) is 11.8. The van der Waals surface area contributed by atoms with Gasteiger partial charge in [0.1, 0.15) is 12.9 Å². The number of nitrogens with one attached hydrogen (secondary N) is 1. The van der Waals surface area contributed by atoms with Crippen molar-refractivity contribution < 1.29 is 14.3 Å². The van der Waals surface area contributed by atoms with E-state index in [4.69, 9.17) is 15.2 Å². The Balaban J connectivity index is 1.83. The summed E-state index contributed by atoms with van der Waals surface area (Å²) in [5, 5.41) is 2.99. The second-order valence-electron chi connectivity index (χ2n) is 4.14. The van der Waals surface area contributed by atoms with E-state index in [2.05, 4.69) is 5.32 Å². The van der Waals surface area contributed by atoms with E-state index < -0.39 is 6.10 Å². The van der Waals surface area contributed by atoms with Gasteiger partial charge < -0.3 is 20.5 Å². The minimum Gasteiger partial charge on any atom is -0.351 e. The SMILES string of the molecule is NC[C@@H]1OCO[C@H]1C(=O)NC1CCCC1. The van der Waals surface area contributed by atoms with Crippen LogP contribution >= 0.6 is 0 Å². The van der Waals surface area contributed by atoms with Crippen LogP contribution in [0.2, 0.25) is 0 Å². The molecular formula is C10H18N2O3. The molecule has 5 nitrogen and oxygen atoms in total. The minimum absolute atomic E-state index is 0.0742. The molecule has 1 aliphatic heterocycles. The van der Waals surface area contributed by atoms with Gasteiger partial charge in [-0.2, -0.15) is 0 Å². The molecule has 15 heavy (non-hydrogen) atoms. The predicted molar refractivity (Wildman–Crippen MR) is 54.1 cm³/mol. The lowest BCUT2D eigenvalue weighted by Gasteiger charge is -2.18. The van der Waals surface area contributed by atoms with Gasteiger partial charge in [-0.15, -0.1) is 0 Å². The first-order chi connectivity index (χ1) is 7.31. The summed E-state index contributed by atoms with van der Waals surface area (Å²) in [7, 11) is 0. The maximum atomic E-state index is 11.8. The van der Waals surface area contributed by atoms with Crippen molar-refractivity contribution in [3.8, 4) is 0 Å². The molecule has 3 N–H and O–H groups in total. The summed E-state index contributed by atoms with van der Waals surface area (Å²) in [6.07, 6.45) is 3.75. The molecule has 1 amide bonds. The second kappa shape index (κ2) is 4.92. The highest BCUT2D eigenvalue weighted by Crippen LogP contribution is 2.19. The number of hydrogen-bond acceptors (Lipinski definition) is 4. The molecule has 0 aromatic rings. The third kappa shape index (κ3) is 2.48. The van der Waals surface area contributed by atoms with E-state index in [0.29, 0.717) is 12.6 Å². The molecule has 0 spiro atoms. The molecule has 0 aromatic carbocycles. The van der Waals surface area contributed by atoms with Crippen molar-refractivity contribution in [2.75, 3.05) is 13.3 Å². The van der Waals surface area contributed by atoms with E-state index in [0.717, 1.165) is 12.8 Å². The van der Waals surface area contributed by atoms with Crippen LogP contribution in [0.4, 0.5) is 0 Å². The summed E-state index contributed by atoms with van der Waals surface area (Å²) in [6.45, 7) is 0.493. The van der Waals surface area contributed by atoms with Gasteiger partial charge in [-0.1, -0.05) is 12.8 Å². The molecule has 5 heteroatoms. The largest absolute Gasteiger partial charge is 0.351 e. The molecule has 86 valence electrons. The highest BCUT2D eigenvalue weighted by atomic mass is 16.7. The lowest BCUT2D eigenvalue weighted by molar-refractivity contribution is -0.131. The molecule has 2 atom stereocenters. The van der Waals surface area contributed by atoms with Crippen molar-refractivity contribution in [1.29, 1.82) is 0 Å². The third-order valence-electron chi connectivity index (χ3n) is 3.06. The van der Waals surface area contributed by atoms with Gasteiger partial charge >= 0.3 is 0 Å². The van der Waals surface area contributed by atoms with Crippen molar-refractivity contribution in [3.63, 3.8) is 0 Å². The van der Waals surface area contributed by atoms with Crippen LogP contribution in [0.5, 0.6) is 0 Å². The molecule has 1 saturated heterocycles. The lowest BCUT2D eigenvalue weighted by Crippen LogP contribution is -2.46. The van der Waals surface area contributed by atoms with Crippen LogP contribution in [0.1, 0.15) is 25.7 Å². The Morgan fingerprint density at radius 2 is 2.07 bits per heavy atom. The van der Waals surface area contributed by atoms with Crippen LogP contribution in [0.25, 0.3) is 0 Å². The van der Waals surface area contributed by atoms with Crippen LogP contribution in [0, 0.1) is 0 Å². The molecule has 0 unspecified atom stereocenters. The van der Waals surface area contributed by atoms with E-state index in [9.17, 15) is 4.79 Å². The molecule has 1 aliphatic carbocycles. The molecule has 2 rings (SSSR count). The Morgan fingerprint density at radius 1 is 1.33 bits per heavy atom. The standard InChI is InChI=1S/C10H18N2O3/c11-5-8-9(15-6-14-8)10(13)12-7-3-1-2-4-7/h7-9H,1-6,11H2,(H,12,13)/t8-,9+/m0/s1. The molecule has 1 saturated carbocycles. The summed E-state index contributed by atoms with van der Waals surface area (Å²) in [6, 6.07) is 0.320. The molecule has 0 radical (unpaired) electrons. The van der Waals surface area contributed by atoms with Gasteiger partial charge in [0.2, 0.25) is 0 Å². The lowest BCUT2D eigenvalue weighted by atomic mass is 10.1. The molecule has 2 fully saturated rings. The van der Waals surface area contributed by atoms with E-state index >= 15 is 0 Å². The van der Waals surface area contributed by atoms with Gasteiger partial charge in [0.05, 0.1) is 0 Å². The van der Waals surface area contributed by atoms with Crippen LogP contribution in [-0.2, 0) is 14.3 Å². The number of nitrogens with two attached hydrogens (primary N) is 1. The highest BCUT2D eigenvalue weighted by molar-refractivity contribution is 5.82. The van der Waals surface area contributed by atoms with Crippen LogP contribution < -0.4 is 11.1 Å².